The Morgan fingerprint density at radius 1 is 1.02 bits per heavy atom. The predicted octanol–water partition coefficient (Wildman–Crippen LogP) is 4.52. The highest BCUT2D eigenvalue weighted by Crippen LogP contribution is 2.33. The van der Waals surface area contributed by atoms with Gasteiger partial charge in [-0.2, -0.15) is 0 Å². The van der Waals surface area contributed by atoms with E-state index in [0.717, 1.165) is 84.5 Å². The maximum Gasteiger partial charge on any atom is 0.254 e. The molecule has 0 aliphatic carbocycles. The zero-order valence-electron chi connectivity index (χ0n) is 24.3. The molecule has 9 heteroatoms. The highest BCUT2D eigenvalue weighted by molar-refractivity contribution is 5.96. The number of amides is 1. The molecular formula is C32H37N7O2. The van der Waals surface area contributed by atoms with Crippen LogP contribution in [0.2, 0.25) is 0 Å². The average Bonchev–Trinajstić information content (AvgIpc) is 3.01. The number of carbonyl (C=O) groups is 1. The lowest BCUT2D eigenvalue weighted by molar-refractivity contribution is 0.0606. The molecule has 0 N–H and O–H groups in total. The Kier molecular flexibility index (Phi) is 7.53. The van der Waals surface area contributed by atoms with E-state index in [9.17, 15) is 4.79 Å². The molecule has 0 spiro atoms. The van der Waals surface area contributed by atoms with Crippen LogP contribution in [-0.2, 0) is 13.0 Å². The maximum atomic E-state index is 13.7. The fourth-order valence-corrected chi connectivity index (χ4v) is 6.23. The van der Waals surface area contributed by atoms with E-state index in [1.165, 1.54) is 11.1 Å². The second-order valence-electron chi connectivity index (χ2n) is 11.1. The van der Waals surface area contributed by atoms with E-state index in [0.29, 0.717) is 18.5 Å². The minimum Gasteiger partial charge on any atom is -0.480 e. The second kappa shape index (κ2) is 11.4. The molecule has 41 heavy (non-hydrogen) atoms. The van der Waals surface area contributed by atoms with Gasteiger partial charge in [0.1, 0.15) is 12.1 Å². The number of rotatable bonds is 6. The molecule has 0 bridgehead atoms. The molecule has 2 aliphatic heterocycles. The number of methoxy groups -OCH3 is 1. The minimum atomic E-state index is 0.135. The van der Waals surface area contributed by atoms with E-state index in [2.05, 4.69) is 75.0 Å². The maximum absolute atomic E-state index is 13.7. The molecule has 2 aromatic heterocycles. The first-order chi connectivity index (χ1) is 19.9. The van der Waals surface area contributed by atoms with Crippen molar-refractivity contribution >= 4 is 22.6 Å². The molecule has 212 valence electrons. The van der Waals surface area contributed by atoms with E-state index in [1.807, 2.05) is 18.2 Å². The topological polar surface area (TPSA) is 87.6 Å². The van der Waals surface area contributed by atoms with Crippen LogP contribution in [-0.4, -0.2) is 82.3 Å². The van der Waals surface area contributed by atoms with Crippen LogP contribution in [0.1, 0.15) is 46.8 Å². The number of benzene rings is 2. The van der Waals surface area contributed by atoms with E-state index >= 15 is 0 Å². The fraction of sp³-hybridized carbons (Fsp3) is 0.406. The summed E-state index contributed by atoms with van der Waals surface area (Å²) in [5.74, 6) is 1.51. The van der Waals surface area contributed by atoms with Gasteiger partial charge >= 0.3 is 0 Å². The Morgan fingerprint density at radius 2 is 1.85 bits per heavy atom. The molecule has 0 saturated carbocycles. The van der Waals surface area contributed by atoms with Gasteiger partial charge in [0.2, 0.25) is 5.88 Å². The Labute approximate surface area is 241 Å². The highest BCUT2D eigenvalue weighted by Gasteiger charge is 2.28. The number of anilines is 1. The number of ether oxygens (including phenoxy) is 1. The van der Waals surface area contributed by atoms with Crippen molar-refractivity contribution in [3.63, 3.8) is 0 Å². The van der Waals surface area contributed by atoms with Gasteiger partial charge < -0.3 is 19.4 Å². The third-order valence-electron chi connectivity index (χ3n) is 8.55. The van der Waals surface area contributed by atoms with Gasteiger partial charge in [-0.05, 0) is 100 Å². The van der Waals surface area contributed by atoms with E-state index in [4.69, 9.17) is 9.72 Å². The second-order valence-corrected chi connectivity index (χ2v) is 11.1. The van der Waals surface area contributed by atoms with Crippen molar-refractivity contribution in [3.8, 4) is 17.1 Å². The summed E-state index contributed by atoms with van der Waals surface area (Å²) in [6, 6.07) is 14.5. The summed E-state index contributed by atoms with van der Waals surface area (Å²) >= 11 is 0. The molecule has 0 radical (unpaired) electrons. The summed E-state index contributed by atoms with van der Waals surface area (Å²) < 4.78 is 5.18. The molecule has 9 nitrogen and oxygen atoms in total. The molecule has 6 rings (SSSR count). The number of aryl methyl sites for hydroxylation is 1. The first-order valence-corrected chi connectivity index (χ1v) is 14.4. The number of likely N-dealkylation sites (tertiary alicyclic amines) is 1. The van der Waals surface area contributed by atoms with Gasteiger partial charge in [0.05, 0.1) is 18.3 Å². The van der Waals surface area contributed by atoms with Crippen LogP contribution in [0.15, 0.2) is 48.8 Å². The summed E-state index contributed by atoms with van der Waals surface area (Å²) in [7, 11) is 3.73. The first-order valence-electron chi connectivity index (χ1n) is 14.4. The smallest absolute Gasteiger partial charge is 0.254 e. The van der Waals surface area contributed by atoms with Gasteiger partial charge in [-0.25, -0.2) is 9.97 Å². The van der Waals surface area contributed by atoms with Gasteiger partial charge in [0, 0.05) is 48.3 Å². The van der Waals surface area contributed by atoms with Gasteiger partial charge in [0.25, 0.3) is 5.91 Å². The number of hydrogen-bond donors (Lipinski definition) is 0. The van der Waals surface area contributed by atoms with Crippen LogP contribution in [0.3, 0.4) is 0 Å². The number of nitrogens with zero attached hydrogens (tertiary/aromatic N) is 7. The van der Waals surface area contributed by atoms with Crippen molar-refractivity contribution < 1.29 is 9.53 Å². The Bertz CT molecular complexity index is 1560. The van der Waals surface area contributed by atoms with Crippen molar-refractivity contribution in [1.82, 2.24) is 30.0 Å². The number of carbonyl (C=O) groups excluding carboxylic acids is 1. The number of piperidine rings is 1. The molecule has 1 fully saturated rings. The predicted molar refractivity (Wildman–Crippen MR) is 160 cm³/mol. The molecule has 0 unspecified atom stereocenters. The Balaban J connectivity index is 1.29. The van der Waals surface area contributed by atoms with Crippen molar-refractivity contribution in [2.45, 2.75) is 45.7 Å². The molecular weight excluding hydrogens is 514 g/mol. The van der Waals surface area contributed by atoms with E-state index < -0.39 is 0 Å². The molecule has 0 atom stereocenters. The monoisotopic (exact) mass is 551 g/mol. The van der Waals surface area contributed by atoms with E-state index in [-0.39, 0.29) is 5.91 Å². The zero-order valence-corrected chi connectivity index (χ0v) is 24.3. The third-order valence-corrected chi connectivity index (χ3v) is 8.55. The van der Waals surface area contributed by atoms with Crippen molar-refractivity contribution in [2.75, 3.05) is 45.2 Å². The summed E-state index contributed by atoms with van der Waals surface area (Å²) in [4.78, 5) is 29.8. The number of aromatic nitrogens is 4. The summed E-state index contributed by atoms with van der Waals surface area (Å²) in [5, 5.41) is 9.49. The van der Waals surface area contributed by atoms with Gasteiger partial charge in [0.15, 0.2) is 0 Å². The van der Waals surface area contributed by atoms with Crippen LogP contribution in [0.5, 0.6) is 5.88 Å². The average molecular weight is 552 g/mol. The molecule has 4 aromatic rings. The van der Waals surface area contributed by atoms with Gasteiger partial charge in [-0.3, -0.25) is 4.79 Å². The van der Waals surface area contributed by atoms with Crippen LogP contribution in [0.25, 0.3) is 22.2 Å². The van der Waals surface area contributed by atoms with Gasteiger partial charge in [-0.15, -0.1) is 10.2 Å². The molecule has 2 aliphatic rings. The van der Waals surface area contributed by atoms with Gasteiger partial charge in [-0.1, -0.05) is 6.07 Å². The lowest BCUT2D eigenvalue weighted by Gasteiger charge is -2.37. The summed E-state index contributed by atoms with van der Waals surface area (Å²) in [6.45, 7) is 8.48. The summed E-state index contributed by atoms with van der Waals surface area (Å²) in [5.41, 5.74) is 6.95. The van der Waals surface area contributed by atoms with Crippen LogP contribution in [0.4, 0.5) is 5.82 Å². The van der Waals surface area contributed by atoms with Crippen LogP contribution in [0, 0.1) is 6.92 Å². The molecule has 4 heterocycles. The highest BCUT2D eigenvalue weighted by atomic mass is 16.5. The largest absolute Gasteiger partial charge is 0.480 e. The summed E-state index contributed by atoms with van der Waals surface area (Å²) in [6.07, 6.45) is 4.59. The van der Waals surface area contributed by atoms with Crippen molar-refractivity contribution in [2.24, 2.45) is 0 Å². The standard InChI is InChI=1S/C32H37N7O2/c1-5-39(26-11-13-37(3)14-12-26)32(40)23-7-6-22-10-15-38(19-25(22)17-23)31-27-18-24(16-21(2)30(27)33-20-34-31)28-8-9-29(41-4)36-35-28/h6-9,16-18,20,26H,5,10-15,19H2,1-4H3. The van der Waals surface area contributed by atoms with Crippen LogP contribution < -0.4 is 9.64 Å². The Morgan fingerprint density at radius 3 is 2.59 bits per heavy atom. The Hall–Kier alpha value is -4.11. The minimum absolute atomic E-state index is 0.135. The van der Waals surface area contributed by atoms with Crippen LogP contribution >= 0.6 is 0 Å². The quantitative estimate of drug-likeness (QED) is 0.346. The molecule has 2 aromatic carbocycles. The van der Waals surface area contributed by atoms with Crippen molar-refractivity contribution in [1.29, 1.82) is 0 Å². The normalized spacial score (nSPS) is 16.0. The molecule has 1 amide bonds. The SMILES string of the molecule is CCN(C(=O)c1ccc2c(c1)CN(c1ncnc3c(C)cc(-c4ccc(OC)nn4)cc13)CC2)C1CCN(C)CC1. The lowest BCUT2D eigenvalue weighted by atomic mass is 9.95. The first kappa shape index (κ1) is 27.1. The zero-order chi connectivity index (χ0) is 28.5. The number of fused-ring (bicyclic) bond motifs is 2. The molecule has 1 saturated heterocycles. The third kappa shape index (κ3) is 5.34. The van der Waals surface area contributed by atoms with Crippen molar-refractivity contribution in [3.05, 3.63) is 71.0 Å². The van der Waals surface area contributed by atoms with E-state index in [1.54, 1.807) is 13.4 Å². The number of hydrogen-bond acceptors (Lipinski definition) is 8. The lowest BCUT2D eigenvalue weighted by Crippen LogP contribution is -2.46. The fourth-order valence-electron chi connectivity index (χ4n) is 6.23.